The second-order valence-corrected chi connectivity index (χ2v) is 8.95. The molecule has 1 N–H and O–H groups in total. The van der Waals surface area contributed by atoms with Crippen LogP contribution in [-0.2, 0) is 10.0 Å². The number of hydrogen-bond acceptors (Lipinski definition) is 3. The maximum absolute atomic E-state index is 12.4. The van der Waals surface area contributed by atoms with Crippen LogP contribution in [0.4, 0.5) is 0 Å². The Morgan fingerprint density at radius 3 is 2.04 bits per heavy atom. The van der Waals surface area contributed by atoms with E-state index in [1.165, 1.54) is 24.3 Å². The topological polar surface area (TPSA) is 55.4 Å². The monoisotopic (exact) mass is 413 g/mol. The van der Waals surface area contributed by atoms with Gasteiger partial charge in [0.15, 0.2) is 0 Å². The predicted octanol–water partition coefficient (Wildman–Crippen LogP) is 4.39. The molecule has 0 bridgehead atoms. The minimum Gasteiger partial charge on any atom is -0.470 e. The summed E-state index contributed by atoms with van der Waals surface area (Å²) < 4.78 is 30.4. The summed E-state index contributed by atoms with van der Waals surface area (Å²) in [4.78, 5) is -0.0298. The van der Waals surface area contributed by atoms with Crippen LogP contribution in [0.5, 0.6) is 5.75 Å². The van der Waals surface area contributed by atoms with E-state index in [2.05, 4.69) is 4.72 Å². The number of rotatable bonds is 5. The second-order valence-electron chi connectivity index (χ2n) is 4.43. The Morgan fingerprint density at radius 2 is 1.52 bits per heavy atom. The zero-order valence-electron chi connectivity index (χ0n) is 11.4. The van der Waals surface area contributed by atoms with Gasteiger partial charge in [0.25, 0.3) is 0 Å². The third-order valence-electron chi connectivity index (χ3n) is 2.68. The summed E-state index contributed by atoms with van der Waals surface area (Å²) in [5.74, 6) is 0.350. The van der Waals surface area contributed by atoms with Gasteiger partial charge < -0.3 is 4.74 Å². The Morgan fingerprint density at radius 1 is 0.957 bits per heavy atom. The molecule has 23 heavy (non-hydrogen) atoms. The predicted molar refractivity (Wildman–Crippen MR) is 92.9 cm³/mol. The van der Waals surface area contributed by atoms with Gasteiger partial charge in [-0.1, -0.05) is 64.6 Å². The number of benzene rings is 2. The molecular formula is C14H11Cl4NO3S. The fraction of sp³-hybridized carbons (Fsp3) is 0.143. The van der Waals surface area contributed by atoms with Crippen molar-refractivity contribution in [1.82, 2.24) is 4.72 Å². The molecule has 0 aliphatic carbocycles. The van der Waals surface area contributed by atoms with Gasteiger partial charge in [-0.15, -0.1) is 0 Å². The van der Waals surface area contributed by atoms with E-state index in [0.29, 0.717) is 10.8 Å². The standard InChI is InChI=1S/C14H11Cl4NO3S/c15-10-6-8-12(9-7-10)23(20,21)19-13(14(16,17)18)22-11-4-2-1-3-5-11/h1-9,13,19H. The first-order chi connectivity index (χ1) is 10.7. The molecule has 2 aromatic carbocycles. The van der Waals surface area contributed by atoms with Crippen LogP contribution in [0.3, 0.4) is 0 Å². The van der Waals surface area contributed by atoms with Gasteiger partial charge in [-0.05, 0) is 36.4 Å². The van der Waals surface area contributed by atoms with Crippen LogP contribution in [0, 0.1) is 0 Å². The Kier molecular flexibility index (Phi) is 6.05. The lowest BCUT2D eigenvalue weighted by atomic mass is 10.3. The molecule has 0 radical (unpaired) electrons. The Hall–Kier alpha value is -0.690. The zero-order valence-corrected chi connectivity index (χ0v) is 15.3. The molecule has 2 rings (SSSR count). The SMILES string of the molecule is O=S(=O)(NC(Oc1ccccc1)C(Cl)(Cl)Cl)c1ccc(Cl)cc1. The molecule has 0 aliphatic heterocycles. The molecule has 124 valence electrons. The molecule has 4 nitrogen and oxygen atoms in total. The number of alkyl halides is 3. The van der Waals surface area contributed by atoms with Gasteiger partial charge in [0.05, 0.1) is 4.90 Å². The van der Waals surface area contributed by atoms with E-state index < -0.39 is 20.0 Å². The molecule has 0 spiro atoms. The zero-order chi connectivity index (χ0) is 17.1. The molecule has 1 unspecified atom stereocenters. The molecule has 0 saturated heterocycles. The molecule has 0 heterocycles. The van der Waals surface area contributed by atoms with Crippen LogP contribution < -0.4 is 9.46 Å². The average Bonchev–Trinajstić information content (AvgIpc) is 2.47. The van der Waals surface area contributed by atoms with E-state index in [1.54, 1.807) is 30.3 Å². The van der Waals surface area contributed by atoms with Crippen molar-refractivity contribution >= 4 is 56.4 Å². The van der Waals surface area contributed by atoms with Crippen LogP contribution in [0.1, 0.15) is 0 Å². The van der Waals surface area contributed by atoms with Gasteiger partial charge in [-0.2, -0.15) is 4.72 Å². The van der Waals surface area contributed by atoms with Gasteiger partial charge in [0.1, 0.15) is 5.75 Å². The molecule has 0 aliphatic rings. The highest BCUT2D eigenvalue weighted by Crippen LogP contribution is 2.32. The maximum Gasteiger partial charge on any atom is 0.243 e. The number of nitrogens with one attached hydrogen (secondary N) is 1. The highest BCUT2D eigenvalue weighted by molar-refractivity contribution is 7.89. The lowest BCUT2D eigenvalue weighted by molar-refractivity contribution is 0.194. The normalized spacial score (nSPS) is 13.6. The van der Waals surface area contributed by atoms with Gasteiger partial charge >= 0.3 is 0 Å². The average molecular weight is 415 g/mol. The van der Waals surface area contributed by atoms with Gasteiger partial charge in [-0.3, -0.25) is 0 Å². The van der Waals surface area contributed by atoms with Crippen molar-refractivity contribution in [2.45, 2.75) is 14.9 Å². The highest BCUT2D eigenvalue weighted by Gasteiger charge is 2.38. The molecular weight excluding hydrogens is 404 g/mol. The smallest absolute Gasteiger partial charge is 0.243 e. The summed E-state index contributed by atoms with van der Waals surface area (Å²) in [5.41, 5.74) is 0. The minimum absolute atomic E-state index is 0.0298. The first-order valence-electron chi connectivity index (χ1n) is 6.25. The fourth-order valence-corrected chi connectivity index (χ4v) is 3.37. The Labute approximate surface area is 154 Å². The van der Waals surface area contributed by atoms with Crippen molar-refractivity contribution in [2.75, 3.05) is 0 Å². The summed E-state index contributed by atoms with van der Waals surface area (Å²) in [7, 11) is -3.97. The van der Waals surface area contributed by atoms with Gasteiger partial charge in [0, 0.05) is 5.02 Å². The first-order valence-corrected chi connectivity index (χ1v) is 9.24. The van der Waals surface area contributed by atoms with E-state index in [1.807, 2.05) is 0 Å². The Bertz CT molecular complexity index is 746. The van der Waals surface area contributed by atoms with Crippen molar-refractivity contribution < 1.29 is 13.2 Å². The summed E-state index contributed by atoms with van der Waals surface area (Å²) >= 11 is 23.2. The summed E-state index contributed by atoms with van der Waals surface area (Å²) in [6.45, 7) is 0. The van der Waals surface area contributed by atoms with Crippen molar-refractivity contribution in [3.63, 3.8) is 0 Å². The largest absolute Gasteiger partial charge is 0.470 e. The van der Waals surface area contributed by atoms with Gasteiger partial charge in [-0.25, -0.2) is 8.42 Å². The van der Waals surface area contributed by atoms with Crippen molar-refractivity contribution in [2.24, 2.45) is 0 Å². The van der Waals surface area contributed by atoms with Crippen LogP contribution >= 0.6 is 46.4 Å². The first kappa shape index (κ1) is 18.6. The molecule has 9 heteroatoms. The molecule has 0 saturated carbocycles. The Balaban J connectivity index is 2.25. The number of halogens is 4. The fourth-order valence-electron chi connectivity index (χ4n) is 1.62. The van der Waals surface area contributed by atoms with Crippen LogP contribution in [-0.4, -0.2) is 18.4 Å². The molecule has 1 atom stereocenters. The van der Waals surface area contributed by atoms with E-state index in [-0.39, 0.29) is 4.90 Å². The van der Waals surface area contributed by atoms with Crippen molar-refractivity contribution in [3.05, 3.63) is 59.6 Å². The number of para-hydroxylation sites is 1. The highest BCUT2D eigenvalue weighted by atomic mass is 35.6. The molecule has 0 fully saturated rings. The van der Waals surface area contributed by atoms with E-state index >= 15 is 0 Å². The number of ether oxygens (including phenoxy) is 1. The molecule has 0 aromatic heterocycles. The second kappa shape index (κ2) is 7.47. The van der Waals surface area contributed by atoms with Crippen LogP contribution in [0.25, 0.3) is 0 Å². The lowest BCUT2D eigenvalue weighted by Crippen LogP contribution is -2.47. The summed E-state index contributed by atoms with van der Waals surface area (Å²) in [5, 5.41) is 0.405. The van der Waals surface area contributed by atoms with E-state index in [4.69, 9.17) is 51.1 Å². The minimum atomic E-state index is -3.97. The number of hydrogen-bond donors (Lipinski definition) is 1. The molecule has 0 amide bonds. The van der Waals surface area contributed by atoms with E-state index in [9.17, 15) is 8.42 Å². The maximum atomic E-state index is 12.4. The quantitative estimate of drug-likeness (QED) is 0.582. The number of sulfonamides is 1. The third-order valence-corrected chi connectivity index (χ3v) is 4.94. The van der Waals surface area contributed by atoms with Gasteiger partial charge in [0.2, 0.25) is 20.0 Å². The third kappa shape index (κ3) is 5.41. The van der Waals surface area contributed by atoms with E-state index in [0.717, 1.165) is 0 Å². The molecule has 2 aromatic rings. The van der Waals surface area contributed by atoms with Crippen LogP contribution in [0.2, 0.25) is 5.02 Å². The summed E-state index contributed by atoms with van der Waals surface area (Å²) in [6.07, 6.45) is -1.42. The summed E-state index contributed by atoms with van der Waals surface area (Å²) in [6, 6.07) is 14.0. The van der Waals surface area contributed by atoms with Crippen molar-refractivity contribution in [3.8, 4) is 5.75 Å². The van der Waals surface area contributed by atoms with Crippen molar-refractivity contribution in [1.29, 1.82) is 0 Å². The van der Waals surface area contributed by atoms with Crippen LogP contribution in [0.15, 0.2) is 59.5 Å². The lowest BCUT2D eigenvalue weighted by Gasteiger charge is -2.26.